The Morgan fingerprint density at radius 1 is 1.32 bits per heavy atom. The molecule has 1 aliphatic heterocycles. The van der Waals surface area contributed by atoms with E-state index >= 15 is 0 Å². The summed E-state index contributed by atoms with van der Waals surface area (Å²) in [5, 5.41) is 3.66. The van der Waals surface area contributed by atoms with Crippen LogP contribution in [0.3, 0.4) is 0 Å². The van der Waals surface area contributed by atoms with E-state index in [2.05, 4.69) is 28.5 Å². The number of carbonyl (C=O) groups is 1. The molecule has 2 heterocycles. The summed E-state index contributed by atoms with van der Waals surface area (Å²) in [5.41, 5.74) is 0.686. The fraction of sp³-hybridized carbons (Fsp3) is 0.471. The first-order valence-corrected chi connectivity index (χ1v) is 9.12. The van der Waals surface area contributed by atoms with E-state index in [0.29, 0.717) is 36.9 Å². The molecule has 1 amide bonds. The third-order valence-electron chi connectivity index (χ3n) is 3.76. The van der Waals surface area contributed by atoms with Crippen molar-refractivity contribution >= 4 is 28.3 Å². The van der Waals surface area contributed by atoms with Crippen LogP contribution in [0.1, 0.15) is 32.5 Å². The molecule has 3 rings (SSSR count). The highest BCUT2D eigenvalue weighted by atomic mass is 32.1. The number of ether oxygens (including phenoxy) is 2. The van der Waals surface area contributed by atoms with Gasteiger partial charge in [-0.25, -0.2) is 4.98 Å². The Morgan fingerprint density at radius 2 is 2.08 bits per heavy atom. The van der Waals surface area contributed by atoms with Gasteiger partial charge in [-0.3, -0.25) is 4.79 Å². The number of carbonyl (C=O) groups excluding carboxylic acids is 1. The number of hydrogen-bond acceptors (Lipinski definition) is 7. The smallest absolute Gasteiger partial charge is 0.243 e. The van der Waals surface area contributed by atoms with Gasteiger partial charge in [-0.15, -0.1) is 0 Å². The molecule has 0 unspecified atom stereocenters. The predicted octanol–water partition coefficient (Wildman–Crippen LogP) is 2.90. The van der Waals surface area contributed by atoms with E-state index in [4.69, 9.17) is 9.47 Å². The quantitative estimate of drug-likeness (QED) is 0.851. The number of benzene rings is 1. The molecule has 1 aliphatic rings. The van der Waals surface area contributed by atoms with Gasteiger partial charge in [0.25, 0.3) is 0 Å². The average molecular weight is 362 g/mol. The lowest BCUT2D eigenvalue weighted by Gasteiger charge is -2.20. The van der Waals surface area contributed by atoms with E-state index in [1.165, 1.54) is 11.5 Å². The molecule has 0 aliphatic carbocycles. The zero-order valence-electron chi connectivity index (χ0n) is 14.6. The maximum absolute atomic E-state index is 12.4. The number of hydrogen-bond donors (Lipinski definition) is 1. The maximum atomic E-state index is 12.4. The van der Waals surface area contributed by atoms with Crippen molar-refractivity contribution in [1.82, 2.24) is 9.36 Å². The lowest BCUT2D eigenvalue weighted by atomic mass is 10.2. The standard InChI is InChI=1S/C17H22N4O3S/c1-4-21(17-19-16(11(2)3)20-25-17)10-15(22)18-12-5-6-13-14(9-12)24-8-7-23-13/h5-6,9,11H,4,7-8,10H2,1-3H3,(H,18,22). The summed E-state index contributed by atoms with van der Waals surface area (Å²) >= 11 is 1.33. The number of nitrogens with one attached hydrogen (secondary N) is 1. The van der Waals surface area contributed by atoms with Crippen LogP contribution in [0.25, 0.3) is 0 Å². The molecular formula is C17H22N4O3S. The van der Waals surface area contributed by atoms with Crippen molar-refractivity contribution in [1.29, 1.82) is 0 Å². The van der Waals surface area contributed by atoms with Gasteiger partial charge in [0.1, 0.15) is 19.0 Å². The molecule has 1 aromatic heterocycles. The number of fused-ring (bicyclic) bond motifs is 1. The normalized spacial score (nSPS) is 13.0. The fourth-order valence-corrected chi connectivity index (χ4v) is 3.27. The number of amides is 1. The lowest BCUT2D eigenvalue weighted by molar-refractivity contribution is -0.115. The van der Waals surface area contributed by atoms with Crippen LogP contribution >= 0.6 is 11.5 Å². The number of aromatic nitrogens is 2. The molecule has 25 heavy (non-hydrogen) atoms. The van der Waals surface area contributed by atoms with Gasteiger partial charge in [0.15, 0.2) is 11.5 Å². The Kier molecular flexibility index (Phi) is 5.37. The highest BCUT2D eigenvalue weighted by molar-refractivity contribution is 7.09. The van der Waals surface area contributed by atoms with Crippen LogP contribution in [0, 0.1) is 0 Å². The number of nitrogens with zero attached hydrogens (tertiary/aromatic N) is 3. The van der Waals surface area contributed by atoms with Gasteiger partial charge in [0, 0.05) is 35.7 Å². The van der Waals surface area contributed by atoms with Gasteiger partial charge in [0.05, 0.1) is 6.54 Å². The van der Waals surface area contributed by atoms with Gasteiger partial charge < -0.3 is 19.7 Å². The van der Waals surface area contributed by atoms with Gasteiger partial charge >= 0.3 is 0 Å². The van der Waals surface area contributed by atoms with Crippen molar-refractivity contribution in [2.24, 2.45) is 0 Å². The Balaban J connectivity index is 1.64. The molecular weight excluding hydrogens is 340 g/mol. The molecule has 1 aromatic carbocycles. The SMILES string of the molecule is CCN(CC(=O)Nc1ccc2c(c1)OCCO2)c1nc(C(C)C)ns1. The molecule has 0 bridgehead atoms. The van der Waals surface area contributed by atoms with E-state index in [9.17, 15) is 4.79 Å². The first-order chi connectivity index (χ1) is 12.1. The zero-order chi connectivity index (χ0) is 17.8. The molecule has 7 nitrogen and oxygen atoms in total. The van der Waals surface area contributed by atoms with Crippen molar-refractivity contribution < 1.29 is 14.3 Å². The van der Waals surface area contributed by atoms with Gasteiger partial charge in [-0.2, -0.15) is 4.37 Å². The third-order valence-corrected chi connectivity index (χ3v) is 4.55. The molecule has 0 atom stereocenters. The molecule has 0 radical (unpaired) electrons. The zero-order valence-corrected chi connectivity index (χ0v) is 15.4. The molecule has 0 saturated carbocycles. The Bertz CT molecular complexity index is 747. The Morgan fingerprint density at radius 3 is 2.76 bits per heavy atom. The summed E-state index contributed by atoms with van der Waals surface area (Å²) in [4.78, 5) is 18.8. The van der Waals surface area contributed by atoms with Gasteiger partial charge in [-0.1, -0.05) is 13.8 Å². The lowest BCUT2D eigenvalue weighted by Crippen LogP contribution is -2.33. The number of likely N-dealkylation sites (N-methyl/N-ethyl adjacent to an activating group) is 1. The molecule has 1 N–H and O–H groups in total. The minimum absolute atomic E-state index is 0.111. The maximum Gasteiger partial charge on any atom is 0.243 e. The van der Waals surface area contributed by atoms with Gasteiger partial charge in [-0.05, 0) is 19.1 Å². The fourth-order valence-electron chi connectivity index (χ4n) is 2.40. The van der Waals surface area contributed by atoms with E-state index in [-0.39, 0.29) is 18.4 Å². The highest BCUT2D eigenvalue weighted by Crippen LogP contribution is 2.32. The van der Waals surface area contributed by atoms with E-state index in [1.54, 1.807) is 12.1 Å². The largest absolute Gasteiger partial charge is 0.486 e. The topological polar surface area (TPSA) is 76.6 Å². The van der Waals surface area contributed by atoms with Crippen LogP contribution < -0.4 is 19.7 Å². The summed E-state index contributed by atoms with van der Waals surface area (Å²) < 4.78 is 15.4. The first kappa shape index (κ1) is 17.5. The summed E-state index contributed by atoms with van der Waals surface area (Å²) in [6.45, 7) is 8.06. The number of anilines is 2. The Hall–Kier alpha value is -2.35. The van der Waals surface area contributed by atoms with E-state index in [1.807, 2.05) is 17.9 Å². The molecule has 0 spiro atoms. The van der Waals surface area contributed by atoms with Crippen LogP contribution in [0.4, 0.5) is 10.8 Å². The molecule has 0 fully saturated rings. The summed E-state index contributed by atoms with van der Waals surface area (Å²) in [7, 11) is 0. The molecule has 134 valence electrons. The highest BCUT2D eigenvalue weighted by Gasteiger charge is 2.17. The average Bonchev–Trinajstić information content (AvgIpc) is 3.10. The molecule has 2 aromatic rings. The van der Waals surface area contributed by atoms with Crippen molar-refractivity contribution in [3.8, 4) is 11.5 Å². The van der Waals surface area contributed by atoms with Crippen LogP contribution in [0.5, 0.6) is 11.5 Å². The second-order valence-electron chi connectivity index (χ2n) is 6.01. The van der Waals surface area contributed by atoms with Crippen molar-refractivity contribution in [3.63, 3.8) is 0 Å². The predicted molar refractivity (Wildman–Crippen MR) is 97.9 cm³/mol. The first-order valence-electron chi connectivity index (χ1n) is 8.35. The molecule has 8 heteroatoms. The minimum atomic E-state index is -0.111. The summed E-state index contributed by atoms with van der Waals surface area (Å²) in [6.07, 6.45) is 0. The summed E-state index contributed by atoms with van der Waals surface area (Å²) in [5.74, 6) is 2.33. The monoisotopic (exact) mass is 362 g/mol. The molecule has 0 saturated heterocycles. The Labute approximate surface area is 151 Å². The van der Waals surface area contributed by atoms with E-state index < -0.39 is 0 Å². The number of rotatable bonds is 6. The van der Waals surface area contributed by atoms with E-state index in [0.717, 1.165) is 11.0 Å². The van der Waals surface area contributed by atoms with Gasteiger partial charge in [0.2, 0.25) is 11.0 Å². The van der Waals surface area contributed by atoms with Crippen molar-refractivity contribution in [2.45, 2.75) is 26.7 Å². The third kappa shape index (κ3) is 4.19. The minimum Gasteiger partial charge on any atom is -0.486 e. The second-order valence-corrected chi connectivity index (χ2v) is 6.74. The van der Waals surface area contributed by atoms with Crippen molar-refractivity contribution in [2.75, 3.05) is 36.5 Å². The van der Waals surface area contributed by atoms with Crippen LogP contribution in [-0.2, 0) is 4.79 Å². The van der Waals surface area contributed by atoms with Crippen LogP contribution in [0.15, 0.2) is 18.2 Å². The second kappa shape index (κ2) is 7.69. The van der Waals surface area contributed by atoms with Crippen LogP contribution in [-0.4, -0.2) is 41.6 Å². The van der Waals surface area contributed by atoms with Crippen molar-refractivity contribution in [3.05, 3.63) is 24.0 Å². The van der Waals surface area contributed by atoms with Crippen LogP contribution in [0.2, 0.25) is 0 Å². The summed E-state index contributed by atoms with van der Waals surface area (Å²) in [6, 6.07) is 5.40.